The van der Waals surface area contributed by atoms with Gasteiger partial charge in [0.05, 0.1) is 6.33 Å². The Morgan fingerprint density at radius 2 is 1.87 bits per heavy atom. The number of carbonyl (C=O) groups is 1. The van der Waals surface area contributed by atoms with Crippen LogP contribution in [-0.2, 0) is 23.5 Å². The third-order valence-electron chi connectivity index (χ3n) is 5.35. The molecule has 1 aromatic heterocycles. The number of anilines is 1. The minimum absolute atomic E-state index is 0.0454. The molecule has 0 fully saturated rings. The topological polar surface area (TPSA) is 46.9 Å². The van der Waals surface area contributed by atoms with Crippen molar-refractivity contribution in [1.29, 1.82) is 0 Å². The van der Waals surface area contributed by atoms with E-state index in [1.165, 1.54) is 28.8 Å². The van der Waals surface area contributed by atoms with Crippen molar-refractivity contribution in [3.63, 3.8) is 0 Å². The molecule has 0 spiro atoms. The average molecular weight is 430 g/mol. The van der Waals surface area contributed by atoms with Crippen molar-refractivity contribution in [3.8, 4) is 0 Å². The van der Waals surface area contributed by atoms with E-state index in [2.05, 4.69) is 69.5 Å². The lowest BCUT2D eigenvalue weighted by atomic mass is 10.00. The SMILES string of the molecule is CC(=O)Nc1ccc(CSC(CCc2cccc3ccccc23)Cn2ccnc2)cc1. The second kappa shape index (κ2) is 10.3. The lowest BCUT2D eigenvalue weighted by Gasteiger charge is -2.18. The first-order valence-corrected chi connectivity index (χ1v) is 11.6. The molecule has 0 saturated heterocycles. The fraction of sp³-hybridized carbons (Fsp3) is 0.231. The Bertz CT molecular complexity index is 1120. The summed E-state index contributed by atoms with van der Waals surface area (Å²) in [5.41, 5.74) is 3.51. The average Bonchev–Trinajstić information content (AvgIpc) is 3.29. The summed E-state index contributed by atoms with van der Waals surface area (Å²) in [6, 6.07) is 23.3. The summed E-state index contributed by atoms with van der Waals surface area (Å²) < 4.78 is 2.17. The molecule has 0 aliphatic rings. The molecule has 1 heterocycles. The number of fused-ring (bicyclic) bond motifs is 1. The van der Waals surface area contributed by atoms with Gasteiger partial charge in [-0.25, -0.2) is 4.98 Å². The molecule has 4 aromatic rings. The third-order valence-corrected chi connectivity index (χ3v) is 6.71. The summed E-state index contributed by atoms with van der Waals surface area (Å²) in [6.07, 6.45) is 7.92. The number of imidazole rings is 1. The molecule has 3 aromatic carbocycles. The molecular weight excluding hydrogens is 402 g/mol. The summed E-state index contributed by atoms with van der Waals surface area (Å²) in [6.45, 7) is 2.47. The second-order valence-corrected chi connectivity index (χ2v) is 9.04. The summed E-state index contributed by atoms with van der Waals surface area (Å²) >= 11 is 1.98. The highest BCUT2D eigenvalue weighted by Gasteiger charge is 2.12. The van der Waals surface area contributed by atoms with Crippen molar-refractivity contribution in [2.75, 3.05) is 5.32 Å². The van der Waals surface area contributed by atoms with Gasteiger partial charge in [-0.1, -0.05) is 54.6 Å². The van der Waals surface area contributed by atoms with E-state index in [0.29, 0.717) is 5.25 Å². The first-order valence-electron chi connectivity index (χ1n) is 10.6. The zero-order valence-corrected chi connectivity index (χ0v) is 18.5. The van der Waals surface area contributed by atoms with Crippen molar-refractivity contribution in [2.24, 2.45) is 0 Å². The van der Waals surface area contributed by atoms with Crippen LogP contribution in [0.5, 0.6) is 0 Å². The number of thioether (sulfide) groups is 1. The van der Waals surface area contributed by atoms with Crippen LogP contribution in [0, 0.1) is 0 Å². The Morgan fingerprint density at radius 1 is 1.06 bits per heavy atom. The number of amides is 1. The second-order valence-electron chi connectivity index (χ2n) is 7.75. The van der Waals surface area contributed by atoms with Gasteiger partial charge in [-0.2, -0.15) is 11.8 Å². The summed E-state index contributed by atoms with van der Waals surface area (Å²) in [4.78, 5) is 15.4. The minimum Gasteiger partial charge on any atom is -0.336 e. The van der Waals surface area contributed by atoms with Gasteiger partial charge >= 0.3 is 0 Å². The van der Waals surface area contributed by atoms with Gasteiger partial charge in [-0.3, -0.25) is 4.79 Å². The molecule has 1 atom stereocenters. The van der Waals surface area contributed by atoms with Crippen LogP contribution in [0.15, 0.2) is 85.5 Å². The van der Waals surface area contributed by atoms with E-state index in [-0.39, 0.29) is 5.91 Å². The van der Waals surface area contributed by atoms with E-state index in [9.17, 15) is 4.79 Å². The number of hydrogen-bond donors (Lipinski definition) is 1. The van der Waals surface area contributed by atoms with E-state index < -0.39 is 0 Å². The van der Waals surface area contributed by atoms with E-state index in [1.54, 1.807) is 0 Å². The van der Waals surface area contributed by atoms with Gasteiger partial charge in [0.2, 0.25) is 5.91 Å². The van der Waals surface area contributed by atoms with E-state index >= 15 is 0 Å². The van der Waals surface area contributed by atoms with Crippen LogP contribution in [0.4, 0.5) is 5.69 Å². The van der Waals surface area contributed by atoms with Crippen LogP contribution in [-0.4, -0.2) is 20.7 Å². The van der Waals surface area contributed by atoms with Crippen LogP contribution in [0.3, 0.4) is 0 Å². The highest BCUT2D eigenvalue weighted by Crippen LogP contribution is 2.26. The number of rotatable bonds is 9. The monoisotopic (exact) mass is 429 g/mol. The highest BCUT2D eigenvalue weighted by molar-refractivity contribution is 7.99. The smallest absolute Gasteiger partial charge is 0.221 e. The number of nitrogens with one attached hydrogen (secondary N) is 1. The van der Waals surface area contributed by atoms with Crippen LogP contribution in [0.2, 0.25) is 0 Å². The molecule has 0 saturated carbocycles. The fourth-order valence-corrected chi connectivity index (χ4v) is 4.97. The number of aryl methyl sites for hydroxylation is 1. The molecule has 5 heteroatoms. The fourth-order valence-electron chi connectivity index (χ4n) is 3.79. The Hall–Kier alpha value is -3.05. The van der Waals surface area contributed by atoms with Crippen LogP contribution < -0.4 is 5.32 Å². The predicted octanol–water partition coefficient (Wildman–Crippen LogP) is 5.93. The van der Waals surface area contributed by atoms with Gasteiger partial charge in [-0.05, 0) is 46.9 Å². The lowest BCUT2D eigenvalue weighted by Crippen LogP contribution is -2.13. The maximum atomic E-state index is 11.2. The molecule has 0 bridgehead atoms. The zero-order valence-electron chi connectivity index (χ0n) is 17.7. The van der Waals surface area contributed by atoms with Crippen molar-refractivity contribution in [2.45, 2.75) is 37.3 Å². The van der Waals surface area contributed by atoms with Gasteiger partial charge in [0.25, 0.3) is 0 Å². The van der Waals surface area contributed by atoms with Crippen LogP contribution >= 0.6 is 11.8 Å². The maximum Gasteiger partial charge on any atom is 0.221 e. The Kier molecular flexibility index (Phi) is 7.05. The van der Waals surface area contributed by atoms with Crippen molar-refractivity contribution < 1.29 is 4.79 Å². The predicted molar refractivity (Wildman–Crippen MR) is 130 cm³/mol. The van der Waals surface area contributed by atoms with E-state index in [4.69, 9.17) is 0 Å². The van der Waals surface area contributed by atoms with Crippen molar-refractivity contribution in [1.82, 2.24) is 9.55 Å². The molecule has 158 valence electrons. The Labute approximate surface area is 187 Å². The summed E-state index contributed by atoms with van der Waals surface area (Å²) in [7, 11) is 0. The molecule has 0 aliphatic carbocycles. The molecule has 0 aliphatic heterocycles. The Morgan fingerprint density at radius 3 is 2.65 bits per heavy atom. The van der Waals surface area contributed by atoms with Gasteiger partial charge in [0, 0.05) is 42.6 Å². The first kappa shape index (κ1) is 21.2. The standard InChI is InChI=1S/C26H27N3OS/c1-20(30)28-24-12-9-21(10-13-24)18-31-25(17-29-16-15-27-19-29)14-11-23-7-4-6-22-5-2-3-8-26(22)23/h2-10,12-13,15-16,19,25H,11,14,17-18H2,1H3,(H,28,30). The van der Waals surface area contributed by atoms with Gasteiger partial charge < -0.3 is 9.88 Å². The number of aromatic nitrogens is 2. The number of nitrogens with zero attached hydrogens (tertiary/aromatic N) is 2. The van der Waals surface area contributed by atoms with Crippen LogP contribution in [0.25, 0.3) is 10.8 Å². The third kappa shape index (κ3) is 5.98. The first-order chi connectivity index (χ1) is 15.2. The quantitative estimate of drug-likeness (QED) is 0.359. The van der Waals surface area contributed by atoms with E-state index in [1.807, 2.05) is 42.6 Å². The summed E-state index contributed by atoms with van der Waals surface area (Å²) in [5, 5.41) is 5.95. The van der Waals surface area contributed by atoms with Crippen molar-refractivity contribution >= 4 is 34.1 Å². The number of hydrogen-bond acceptors (Lipinski definition) is 3. The lowest BCUT2D eigenvalue weighted by molar-refractivity contribution is -0.114. The largest absolute Gasteiger partial charge is 0.336 e. The molecule has 4 rings (SSSR count). The molecule has 31 heavy (non-hydrogen) atoms. The molecule has 1 unspecified atom stereocenters. The number of carbonyl (C=O) groups excluding carboxylic acids is 1. The molecule has 1 amide bonds. The highest BCUT2D eigenvalue weighted by atomic mass is 32.2. The molecule has 1 N–H and O–H groups in total. The van der Waals surface area contributed by atoms with Gasteiger partial charge in [0.1, 0.15) is 0 Å². The van der Waals surface area contributed by atoms with Crippen molar-refractivity contribution in [3.05, 3.63) is 96.6 Å². The normalized spacial score (nSPS) is 12.0. The summed E-state index contributed by atoms with van der Waals surface area (Å²) in [5.74, 6) is 0.894. The molecule has 0 radical (unpaired) electrons. The molecular formula is C26H27N3OS. The Balaban J connectivity index is 1.42. The minimum atomic E-state index is -0.0454. The molecule has 4 nitrogen and oxygen atoms in total. The van der Waals surface area contributed by atoms with Gasteiger partial charge in [0.15, 0.2) is 0 Å². The van der Waals surface area contributed by atoms with Crippen LogP contribution in [0.1, 0.15) is 24.5 Å². The zero-order chi connectivity index (χ0) is 21.5. The van der Waals surface area contributed by atoms with E-state index in [0.717, 1.165) is 30.8 Å². The number of benzene rings is 3. The maximum absolute atomic E-state index is 11.2. The van der Waals surface area contributed by atoms with Gasteiger partial charge in [-0.15, -0.1) is 0 Å².